The largest absolute Gasteiger partial charge is 0.481 e. The Morgan fingerprint density at radius 2 is 1.76 bits per heavy atom. The minimum absolute atomic E-state index is 0.0183. The van der Waals surface area contributed by atoms with Crippen LogP contribution in [0, 0.1) is 0 Å². The van der Waals surface area contributed by atoms with Gasteiger partial charge in [0.1, 0.15) is 0 Å². The van der Waals surface area contributed by atoms with E-state index in [1.54, 1.807) is 18.2 Å². The summed E-state index contributed by atoms with van der Waals surface area (Å²) in [6.07, 6.45) is 0.957. The van der Waals surface area contributed by atoms with Crippen LogP contribution in [-0.2, 0) is 9.59 Å². The van der Waals surface area contributed by atoms with Crippen LogP contribution in [0.3, 0.4) is 0 Å². The molecule has 0 heterocycles. The van der Waals surface area contributed by atoms with Crippen molar-refractivity contribution in [3.8, 4) is 0 Å². The van der Waals surface area contributed by atoms with Crippen molar-refractivity contribution in [2.45, 2.75) is 25.7 Å². The molecule has 0 atom stereocenters. The number of imide groups is 1. The number of carboxylic acid groups (broad SMARTS) is 1. The highest BCUT2D eigenvalue weighted by atomic mass is 79.9. The summed E-state index contributed by atoms with van der Waals surface area (Å²) in [5.74, 6) is -1.34. The standard InChI is InChI=1S/C13H14Br2N2O4/c14-8-5-6-9(15)10(7-8)16-13(21)17-11(18)3-1-2-4-12(19)20/h5-7H,1-4H2,(H,19,20)(H2,16,17,18,21). The van der Waals surface area contributed by atoms with Crippen molar-refractivity contribution < 1.29 is 19.5 Å². The molecule has 0 unspecified atom stereocenters. The number of aliphatic carboxylic acids is 1. The molecule has 114 valence electrons. The molecule has 0 radical (unpaired) electrons. The first kappa shape index (κ1) is 17.6. The second kappa shape index (κ2) is 8.78. The fourth-order valence-electron chi connectivity index (χ4n) is 1.50. The van der Waals surface area contributed by atoms with Gasteiger partial charge in [0, 0.05) is 21.8 Å². The van der Waals surface area contributed by atoms with Crippen molar-refractivity contribution in [2.24, 2.45) is 0 Å². The van der Waals surface area contributed by atoms with E-state index >= 15 is 0 Å². The maximum absolute atomic E-state index is 11.7. The average Bonchev–Trinajstić information content (AvgIpc) is 2.38. The van der Waals surface area contributed by atoms with E-state index in [4.69, 9.17) is 5.11 Å². The van der Waals surface area contributed by atoms with Gasteiger partial charge in [-0.2, -0.15) is 0 Å². The number of unbranched alkanes of at least 4 members (excludes halogenated alkanes) is 1. The maximum atomic E-state index is 11.7. The molecule has 3 N–H and O–H groups in total. The molecule has 8 heteroatoms. The molecule has 0 saturated heterocycles. The first-order valence-electron chi connectivity index (χ1n) is 6.16. The van der Waals surface area contributed by atoms with Gasteiger partial charge in [0.15, 0.2) is 0 Å². The molecule has 0 aromatic heterocycles. The van der Waals surface area contributed by atoms with Gasteiger partial charge in [-0.05, 0) is 47.0 Å². The third kappa shape index (κ3) is 7.24. The SMILES string of the molecule is O=C(O)CCCCC(=O)NC(=O)Nc1cc(Br)ccc1Br. The van der Waals surface area contributed by atoms with Gasteiger partial charge in [-0.3, -0.25) is 14.9 Å². The number of halogens is 2. The summed E-state index contributed by atoms with van der Waals surface area (Å²) >= 11 is 6.57. The molecule has 0 saturated carbocycles. The molecular formula is C13H14Br2N2O4. The maximum Gasteiger partial charge on any atom is 0.325 e. The molecular weight excluding hydrogens is 408 g/mol. The van der Waals surface area contributed by atoms with Gasteiger partial charge in [0.05, 0.1) is 5.69 Å². The van der Waals surface area contributed by atoms with Gasteiger partial charge in [-0.15, -0.1) is 0 Å². The zero-order chi connectivity index (χ0) is 15.8. The van der Waals surface area contributed by atoms with Crippen LogP contribution in [0.2, 0.25) is 0 Å². The van der Waals surface area contributed by atoms with Crippen LogP contribution in [0.4, 0.5) is 10.5 Å². The predicted molar refractivity (Wildman–Crippen MR) is 85.1 cm³/mol. The Morgan fingerprint density at radius 1 is 1.10 bits per heavy atom. The Morgan fingerprint density at radius 3 is 2.43 bits per heavy atom. The van der Waals surface area contributed by atoms with Gasteiger partial charge in [0.25, 0.3) is 0 Å². The van der Waals surface area contributed by atoms with Gasteiger partial charge in [-0.25, -0.2) is 4.79 Å². The quantitative estimate of drug-likeness (QED) is 0.612. The van der Waals surface area contributed by atoms with E-state index in [1.165, 1.54) is 0 Å². The van der Waals surface area contributed by atoms with Crippen molar-refractivity contribution in [3.63, 3.8) is 0 Å². The van der Waals surface area contributed by atoms with Crippen molar-refractivity contribution in [1.29, 1.82) is 0 Å². The minimum Gasteiger partial charge on any atom is -0.481 e. The van der Waals surface area contributed by atoms with Crippen molar-refractivity contribution in [3.05, 3.63) is 27.1 Å². The molecule has 0 aliphatic rings. The number of benzene rings is 1. The Balaban J connectivity index is 2.37. The van der Waals surface area contributed by atoms with Gasteiger partial charge in [-0.1, -0.05) is 15.9 Å². The summed E-state index contributed by atoms with van der Waals surface area (Å²) in [5.41, 5.74) is 0.528. The number of rotatable bonds is 6. The van der Waals surface area contributed by atoms with Gasteiger partial charge in [0.2, 0.25) is 5.91 Å². The van der Waals surface area contributed by atoms with Crippen molar-refractivity contribution in [2.75, 3.05) is 5.32 Å². The number of hydrogen-bond donors (Lipinski definition) is 3. The second-order valence-corrected chi connectivity index (χ2v) is 6.00. The average molecular weight is 422 g/mol. The number of anilines is 1. The highest BCUT2D eigenvalue weighted by Crippen LogP contribution is 2.25. The summed E-state index contributed by atoms with van der Waals surface area (Å²) in [6.45, 7) is 0. The molecule has 3 amide bonds. The van der Waals surface area contributed by atoms with E-state index in [0.717, 1.165) is 4.47 Å². The third-order valence-corrected chi connectivity index (χ3v) is 3.66. The number of carbonyl (C=O) groups is 3. The Bertz CT molecular complexity index is 549. The molecule has 0 fully saturated rings. The first-order valence-corrected chi connectivity index (χ1v) is 7.75. The first-order chi connectivity index (χ1) is 9.88. The molecule has 0 aliphatic carbocycles. The molecule has 1 aromatic rings. The topological polar surface area (TPSA) is 95.5 Å². The number of amides is 3. The third-order valence-electron chi connectivity index (χ3n) is 2.47. The number of nitrogens with one attached hydrogen (secondary N) is 2. The Kier molecular flexibility index (Phi) is 7.38. The molecule has 0 bridgehead atoms. The lowest BCUT2D eigenvalue weighted by Gasteiger charge is -2.08. The van der Waals surface area contributed by atoms with E-state index in [-0.39, 0.29) is 12.8 Å². The zero-order valence-electron chi connectivity index (χ0n) is 11.0. The number of hydrogen-bond acceptors (Lipinski definition) is 3. The molecule has 21 heavy (non-hydrogen) atoms. The Hall–Kier alpha value is -1.41. The van der Waals surface area contributed by atoms with Crippen molar-refractivity contribution in [1.82, 2.24) is 5.32 Å². The summed E-state index contributed by atoms with van der Waals surface area (Å²) < 4.78 is 1.48. The van der Waals surface area contributed by atoms with Crippen molar-refractivity contribution >= 4 is 55.5 Å². The number of urea groups is 1. The van der Waals surface area contributed by atoms with Crippen LogP contribution in [0.1, 0.15) is 25.7 Å². The van der Waals surface area contributed by atoms with Crippen LogP contribution < -0.4 is 10.6 Å². The highest BCUT2D eigenvalue weighted by Gasteiger charge is 2.10. The smallest absolute Gasteiger partial charge is 0.325 e. The predicted octanol–water partition coefficient (Wildman–Crippen LogP) is 3.50. The molecule has 6 nitrogen and oxygen atoms in total. The zero-order valence-corrected chi connectivity index (χ0v) is 14.2. The van der Waals surface area contributed by atoms with Gasteiger partial charge >= 0.3 is 12.0 Å². The van der Waals surface area contributed by atoms with E-state index in [9.17, 15) is 14.4 Å². The van der Waals surface area contributed by atoms with E-state index in [2.05, 4.69) is 42.5 Å². The van der Waals surface area contributed by atoms with Crippen LogP contribution in [0.15, 0.2) is 27.1 Å². The molecule has 1 rings (SSSR count). The fraction of sp³-hybridized carbons (Fsp3) is 0.308. The van der Waals surface area contributed by atoms with Crippen LogP contribution in [0.25, 0.3) is 0 Å². The molecule has 0 spiro atoms. The molecule has 1 aromatic carbocycles. The van der Waals surface area contributed by atoms with Gasteiger partial charge < -0.3 is 10.4 Å². The van der Waals surface area contributed by atoms with Crippen LogP contribution in [0.5, 0.6) is 0 Å². The Labute approximate surface area is 138 Å². The molecule has 0 aliphatic heterocycles. The number of carboxylic acids is 1. The minimum atomic E-state index is -0.896. The monoisotopic (exact) mass is 420 g/mol. The fourth-order valence-corrected chi connectivity index (χ4v) is 2.20. The van der Waals surface area contributed by atoms with Crippen LogP contribution in [-0.4, -0.2) is 23.0 Å². The van der Waals surface area contributed by atoms with E-state index < -0.39 is 17.9 Å². The highest BCUT2D eigenvalue weighted by molar-refractivity contribution is 9.11. The number of carbonyl (C=O) groups excluding carboxylic acids is 2. The summed E-state index contributed by atoms with van der Waals surface area (Å²) in [7, 11) is 0. The van der Waals surface area contributed by atoms with E-state index in [1.807, 2.05) is 0 Å². The normalized spacial score (nSPS) is 10.0. The van der Waals surface area contributed by atoms with E-state index in [0.29, 0.717) is 23.0 Å². The summed E-state index contributed by atoms with van der Waals surface area (Å²) in [4.78, 5) is 33.5. The summed E-state index contributed by atoms with van der Waals surface area (Å²) in [5, 5.41) is 13.2. The summed E-state index contributed by atoms with van der Waals surface area (Å²) in [6, 6.07) is 4.63. The second-order valence-electron chi connectivity index (χ2n) is 4.23. The lowest BCUT2D eigenvalue weighted by molar-refractivity contribution is -0.137. The lowest BCUT2D eigenvalue weighted by atomic mass is 10.2. The lowest BCUT2D eigenvalue weighted by Crippen LogP contribution is -2.34. The van der Waals surface area contributed by atoms with Crippen LogP contribution >= 0.6 is 31.9 Å².